The molecule has 1 heterocycles. The van der Waals surface area contributed by atoms with Gasteiger partial charge in [0.05, 0.1) is 4.75 Å². The number of hydrogen-bond donors (Lipinski definition) is 0. The van der Waals surface area contributed by atoms with Crippen LogP contribution in [0.3, 0.4) is 0 Å². The third kappa shape index (κ3) is 4.99. The first-order valence-corrected chi connectivity index (χ1v) is 13.3. The molecule has 2 aromatic carbocycles. The standard InChI is InChI=1S/C30H39N2S/c1-7-24-14-16-25(17-15-24)33-30(6)18-9-8-13-28(30)31-19-20-32(21-31)29-26(22(2)3)11-10-12-27(29)23(4)5/h8-18,21-23,28H,7,19-20H2,1-6H3/q+1. The van der Waals surface area contributed by atoms with E-state index in [1.165, 1.54) is 27.3 Å². The molecule has 0 N–H and O–H groups in total. The zero-order valence-corrected chi connectivity index (χ0v) is 21.9. The summed E-state index contributed by atoms with van der Waals surface area (Å²) in [6.07, 6.45) is 12.7. The number of aryl methyl sites for hydroxylation is 1. The van der Waals surface area contributed by atoms with Crippen LogP contribution in [0.4, 0.5) is 5.69 Å². The SMILES string of the molecule is CCc1ccc(SC2(C)C=CC=CC2[N+]2=CN(c3c(C(C)C)cccc3C(C)C)CC2)cc1. The fourth-order valence-electron chi connectivity index (χ4n) is 5.03. The lowest BCUT2D eigenvalue weighted by Gasteiger charge is -2.33. The van der Waals surface area contributed by atoms with Crippen molar-refractivity contribution >= 4 is 23.8 Å². The molecular formula is C30H39N2S+. The molecule has 3 heteroatoms. The lowest BCUT2D eigenvalue weighted by Crippen LogP contribution is -2.42. The Morgan fingerprint density at radius 3 is 2.27 bits per heavy atom. The van der Waals surface area contributed by atoms with Crippen molar-refractivity contribution in [2.45, 2.75) is 75.5 Å². The van der Waals surface area contributed by atoms with Crippen LogP contribution in [-0.2, 0) is 6.42 Å². The Morgan fingerprint density at radius 2 is 1.67 bits per heavy atom. The monoisotopic (exact) mass is 459 g/mol. The number of para-hydroxylation sites is 1. The van der Waals surface area contributed by atoms with Crippen LogP contribution in [0.2, 0.25) is 0 Å². The summed E-state index contributed by atoms with van der Waals surface area (Å²) in [5.41, 5.74) is 5.72. The summed E-state index contributed by atoms with van der Waals surface area (Å²) in [5.74, 6) is 1.01. The second kappa shape index (κ2) is 9.93. The summed E-state index contributed by atoms with van der Waals surface area (Å²) in [4.78, 5) is 3.85. The maximum atomic E-state index is 2.55. The number of hydrogen-bond acceptors (Lipinski definition) is 2. The molecule has 4 rings (SSSR count). The van der Waals surface area contributed by atoms with Crippen LogP contribution in [0.25, 0.3) is 0 Å². The van der Waals surface area contributed by atoms with Crippen molar-refractivity contribution in [1.29, 1.82) is 0 Å². The molecule has 2 atom stereocenters. The van der Waals surface area contributed by atoms with Gasteiger partial charge in [0.2, 0.25) is 6.34 Å². The van der Waals surface area contributed by atoms with Crippen LogP contribution in [0.15, 0.2) is 71.7 Å². The highest BCUT2D eigenvalue weighted by molar-refractivity contribution is 8.00. The molecule has 0 fully saturated rings. The third-order valence-electron chi connectivity index (χ3n) is 6.96. The van der Waals surface area contributed by atoms with Gasteiger partial charge in [-0.1, -0.05) is 83.2 Å². The predicted molar refractivity (Wildman–Crippen MR) is 145 cm³/mol. The molecule has 0 amide bonds. The van der Waals surface area contributed by atoms with Gasteiger partial charge in [0.15, 0.2) is 0 Å². The van der Waals surface area contributed by atoms with E-state index >= 15 is 0 Å². The maximum absolute atomic E-state index is 2.55. The van der Waals surface area contributed by atoms with E-state index in [9.17, 15) is 0 Å². The van der Waals surface area contributed by atoms with Gasteiger partial charge in [-0.05, 0) is 49.0 Å². The molecule has 1 aliphatic carbocycles. The summed E-state index contributed by atoms with van der Waals surface area (Å²) < 4.78 is 2.53. The molecule has 0 radical (unpaired) electrons. The van der Waals surface area contributed by atoms with E-state index in [-0.39, 0.29) is 4.75 Å². The first-order chi connectivity index (χ1) is 15.8. The normalized spacial score (nSPS) is 22.5. The van der Waals surface area contributed by atoms with Crippen LogP contribution >= 0.6 is 11.8 Å². The lowest BCUT2D eigenvalue weighted by atomic mass is 9.92. The second-order valence-electron chi connectivity index (χ2n) is 10.1. The highest BCUT2D eigenvalue weighted by atomic mass is 32.2. The topological polar surface area (TPSA) is 6.25 Å². The van der Waals surface area contributed by atoms with Gasteiger partial charge in [0.25, 0.3) is 0 Å². The Bertz CT molecular complexity index is 1030. The number of thioether (sulfide) groups is 1. The minimum Gasteiger partial charge on any atom is -0.256 e. The van der Waals surface area contributed by atoms with Crippen molar-refractivity contribution in [1.82, 2.24) is 0 Å². The first kappa shape index (κ1) is 23.9. The van der Waals surface area contributed by atoms with Crippen molar-refractivity contribution in [2.24, 2.45) is 0 Å². The van der Waals surface area contributed by atoms with Crippen LogP contribution in [0, 0.1) is 0 Å². The fourth-order valence-corrected chi connectivity index (χ4v) is 6.29. The zero-order chi connectivity index (χ0) is 23.6. The molecule has 174 valence electrons. The number of nitrogens with zero attached hydrogens (tertiary/aromatic N) is 2. The minimum absolute atomic E-state index is 0.0204. The van der Waals surface area contributed by atoms with Gasteiger partial charge >= 0.3 is 0 Å². The van der Waals surface area contributed by atoms with Crippen molar-refractivity contribution in [2.75, 3.05) is 18.0 Å². The molecule has 0 saturated carbocycles. The summed E-state index contributed by atoms with van der Waals surface area (Å²) in [6, 6.07) is 16.3. The van der Waals surface area contributed by atoms with Gasteiger partial charge in [-0.3, -0.25) is 4.58 Å². The van der Waals surface area contributed by atoms with Crippen molar-refractivity contribution < 1.29 is 4.58 Å². The highest BCUT2D eigenvalue weighted by Gasteiger charge is 2.41. The number of allylic oxidation sites excluding steroid dienone is 2. The summed E-state index contributed by atoms with van der Waals surface area (Å²) in [7, 11) is 0. The van der Waals surface area contributed by atoms with E-state index in [4.69, 9.17) is 0 Å². The summed E-state index contributed by atoms with van der Waals surface area (Å²) in [5, 5.41) is 0. The summed E-state index contributed by atoms with van der Waals surface area (Å²) in [6.45, 7) is 15.9. The van der Waals surface area contributed by atoms with Crippen LogP contribution < -0.4 is 4.90 Å². The smallest absolute Gasteiger partial charge is 0.240 e. The Kier molecular flexibility index (Phi) is 7.19. The zero-order valence-electron chi connectivity index (χ0n) is 21.1. The van der Waals surface area contributed by atoms with Crippen LogP contribution in [-0.4, -0.2) is 34.8 Å². The Morgan fingerprint density at radius 1 is 1.00 bits per heavy atom. The third-order valence-corrected chi connectivity index (χ3v) is 8.29. The van der Waals surface area contributed by atoms with Gasteiger partial charge in [0.1, 0.15) is 24.8 Å². The Labute approximate surface area is 205 Å². The number of anilines is 1. The second-order valence-corrected chi connectivity index (χ2v) is 11.7. The predicted octanol–water partition coefficient (Wildman–Crippen LogP) is 7.40. The van der Waals surface area contributed by atoms with E-state index in [1.54, 1.807) is 0 Å². The van der Waals surface area contributed by atoms with E-state index in [0.717, 1.165) is 19.5 Å². The molecule has 2 nitrogen and oxygen atoms in total. The Hall–Kier alpha value is -2.26. The maximum Gasteiger partial charge on any atom is 0.240 e. The van der Waals surface area contributed by atoms with Crippen molar-refractivity contribution in [3.8, 4) is 0 Å². The average Bonchev–Trinajstić information content (AvgIpc) is 3.28. The minimum atomic E-state index is -0.0204. The number of rotatable bonds is 7. The molecule has 0 spiro atoms. The molecule has 2 aliphatic rings. The fraction of sp³-hybridized carbons (Fsp3) is 0.433. The molecule has 33 heavy (non-hydrogen) atoms. The number of benzene rings is 2. The van der Waals surface area contributed by atoms with E-state index < -0.39 is 0 Å². The molecule has 2 aromatic rings. The quantitative estimate of drug-likeness (QED) is 0.398. The molecule has 1 aliphatic heterocycles. The van der Waals surface area contributed by atoms with Gasteiger partial charge in [-0.15, -0.1) is 11.8 Å². The molecular weight excluding hydrogens is 420 g/mol. The Balaban J connectivity index is 1.65. The van der Waals surface area contributed by atoms with Gasteiger partial charge in [0, 0.05) is 16.0 Å². The summed E-state index contributed by atoms with van der Waals surface area (Å²) >= 11 is 1.98. The van der Waals surface area contributed by atoms with Crippen molar-refractivity contribution in [3.05, 3.63) is 83.5 Å². The van der Waals surface area contributed by atoms with E-state index in [1.807, 2.05) is 11.8 Å². The van der Waals surface area contributed by atoms with E-state index in [0.29, 0.717) is 17.9 Å². The highest BCUT2D eigenvalue weighted by Crippen LogP contribution is 2.41. The molecule has 0 aromatic heterocycles. The largest absolute Gasteiger partial charge is 0.256 e. The van der Waals surface area contributed by atoms with E-state index in [2.05, 4.69) is 124 Å². The van der Waals surface area contributed by atoms with Gasteiger partial charge in [-0.25, -0.2) is 4.90 Å². The molecule has 0 bridgehead atoms. The lowest BCUT2D eigenvalue weighted by molar-refractivity contribution is -0.544. The van der Waals surface area contributed by atoms with Crippen molar-refractivity contribution in [3.63, 3.8) is 0 Å². The van der Waals surface area contributed by atoms with Crippen LogP contribution in [0.5, 0.6) is 0 Å². The van der Waals surface area contributed by atoms with Crippen LogP contribution in [0.1, 0.15) is 70.1 Å². The average molecular weight is 460 g/mol. The molecule has 2 unspecified atom stereocenters. The van der Waals surface area contributed by atoms with Gasteiger partial charge < -0.3 is 0 Å². The van der Waals surface area contributed by atoms with Gasteiger partial charge in [-0.2, -0.15) is 0 Å². The molecule has 0 saturated heterocycles. The first-order valence-electron chi connectivity index (χ1n) is 12.5.